The molecule has 0 saturated heterocycles. The van der Waals surface area contributed by atoms with Gasteiger partial charge in [0.25, 0.3) is 5.69 Å². The molecule has 2 aromatic carbocycles. The number of carboxylic acids is 1. The van der Waals surface area contributed by atoms with Gasteiger partial charge >= 0.3 is 0 Å². The number of para-hydroxylation sites is 1. The number of carboxylic acid groups (broad SMARTS) is 1. The van der Waals surface area contributed by atoms with Gasteiger partial charge < -0.3 is 9.90 Å². The standard InChI is InChI=1S/C18H11ClN2O4/c19-15-8-6-11(9-17(15)21(24)25)5-7-12-10-14(18(22)23)13-3-1-2-4-16(13)20-12/h1-10H,(H,22,23)/p-1/b7-5+. The molecule has 3 rings (SSSR count). The minimum atomic E-state index is -1.30. The summed E-state index contributed by atoms with van der Waals surface area (Å²) in [6, 6.07) is 12.6. The Labute approximate surface area is 147 Å². The van der Waals surface area contributed by atoms with E-state index in [0.717, 1.165) is 0 Å². The third-order valence-electron chi connectivity index (χ3n) is 3.57. The molecule has 7 heteroatoms. The van der Waals surface area contributed by atoms with Crippen LogP contribution in [0.1, 0.15) is 21.6 Å². The predicted molar refractivity (Wildman–Crippen MR) is 93.1 cm³/mol. The van der Waals surface area contributed by atoms with E-state index in [4.69, 9.17) is 11.6 Å². The molecule has 124 valence electrons. The molecule has 25 heavy (non-hydrogen) atoms. The van der Waals surface area contributed by atoms with Crippen molar-refractivity contribution < 1.29 is 14.8 Å². The molecule has 0 aliphatic carbocycles. The van der Waals surface area contributed by atoms with Gasteiger partial charge in [-0.3, -0.25) is 10.1 Å². The van der Waals surface area contributed by atoms with Crippen LogP contribution in [-0.2, 0) is 0 Å². The summed E-state index contributed by atoms with van der Waals surface area (Å²) in [6.07, 6.45) is 3.17. The Morgan fingerprint density at radius 1 is 1.12 bits per heavy atom. The van der Waals surface area contributed by atoms with Crippen LogP contribution < -0.4 is 5.11 Å². The third kappa shape index (κ3) is 3.49. The van der Waals surface area contributed by atoms with Gasteiger partial charge in [-0.15, -0.1) is 0 Å². The van der Waals surface area contributed by atoms with Crippen molar-refractivity contribution in [1.82, 2.24) is 4.98 Å². The minimum Gasteiger partial charge on any atom is -0.545 e. The van der Waals surface area contributed by atoms with E-state index >= 15 is 0 Å². The first-order valence-corrected chi connectivity index (χ1v) is 7.56. The molecule has 0 aliphatic rings. The number of carbonyl (C=O) groups is 1. The molecule has 1 heterocycles. The highest BCUT2D eigenvalue weighted by atomic mass is 35.5. The smallest absolute Gasteiger partial charge is 0.288 e. The monoisotopic (exact) mass is 353 g/mol. The summed E-state index contributed by atoms with van der Waals surface area (Å²) < 4.78 is 0. The molecule has 0 unspecified atom stereocenters. The lowest BCUT2D eigenvalue weighted by atomic mass is 10.1. The van der Waals surface area contributed by atoms with Crippen LogP contribution in [-0.4, -0.2) is 15.9 Å². The zero-order valence-corrected chi connectivity index (χ0v) is 13.4. The fraction of sp³-hybridized carbons (Fsp3) is 0. The summed E-state index contributed by atoms with van der Waals surface area (Å²) in [5.41, 5.74) is 1.29. The van der Waals surface area contributed by atoms with Crippen molar-refractivity contribution in [3.8, 4) is 0 Å². The van der Waals surface area contributed by atoms with Crippen molar-refractivity contribution in [2.24, 2.45) is 0 Å². The van der Waals surface area contributed by atoms with E-state index in [1.54, 1.807) is 42.5 Å². The molecule has 0 saturated carbocycles. The highest BCUT2D eigenvalue weighted by Gasteiger charge is 2.11. The van der Waals surface area contributed by atoms with Crippen LogP contribution >= 0.6 is 11.6 Å². The first-order chi connectivity index (χ1) is 12.0. The molecule has 0 amide bonds. The molecule has 0 N–H and O–H groups in total. The van der Waals surface area contributed by atoms with Crippen molar-refractivity contribution in [2.45, 2.75) is 0 Å². The molecule has 0 fully saturated rings. The Morgan fingerprint density at radius 2 is 1.88 bits per heavy atom. The van der Waals surface area contributed by atoms with E-state index < -0.39 is 10.9 Å². The van der Waals surface area contributed by atoms with Gasteiger partial charge in [-0.1, -0.05) is 41.9 Å². The van der Waals surface area contributed by atoms with Gasteiger partial charge in [0.2, 0.25) is 0 Å². The largest absolute Gasteiger partial charge is 0.545 e. The van der Waals surface area contributed by atoms with E-state index in [2.05, 4.69) is 4.98 Å². The van der Waals surface area contributed by atoms with Crippen molar-refractivity contribution in [2.75, 3.05) is 0 Å². The number of benzene rings is 2. The van der Waals surface area contributed by atoms with Crippen LogP contribution in [0.2, 0.25) is 5.02 Å². The van der Waals surface area contributed by atoms with E-state index in [-0.39, 0.29) is 16.3 Å². The van der Waals surface area contributed by atoms with E-state index in [9.17, 15) is 20.0 Å². The zero-order chi connectivity index (χ0) is 18.0. The summed E-state index contributed by atoms with van der Waals surface area (Å²) in [4.78, 5) is 26.1. The van der Waals surface area contributed by atoms with Crippen LogP contribution in [0.25, 0.3) is 23.1 Å². The van der Waals surface area contributed by atoms with Crippen LogP contribution in [0.4, 0.5) is 5.69 Å². The Kier molecular flexibility index (Phi) is 4.45. The highest BCUT2D eigenvalue weighted by Crippen LogP contribution is 2.26. The van der Waals surface area contributed by atoms with E-state index in [1.165, 1.54) is 18.2 Å². The highest BCUT2D eigenvalue weighted by molar-refractivity contribution is 6.32. The lowest BCUT2D eigenvalue weighted by Crippen LogP contribution is -2.22. The topological polar surface area (TPSA) is 96.2 Å². The fourth-order valence-electron chi connectivity index (χ4n) is 2.41. The maximum absolute atomic E-state index is 11.3. The van der Waals surface area contributed by atoms with Crippen molar-refractivity contribution in [1.29, 1.82) is 0 Å². The van der Waals surface area contributed by atoms with Gasteiger partial charge in [0, 0.05) is 17.0 Å². The van der Waals surface area contributed by atoms with Crippen LogP contribution in [0, 0.1) is 10.1 Å². The number of hydrogen-bond acceptors (Lipinski definition) is 5. The van der Waals surface area contributed by atoms with Gasteiger partial charge in [-0.05, 0) is 29.8 Å². The lowest BCUT2D eigenvalue weighted by molar-refractivity contribution is -0.384. The van der Waals surface area contributed by atoms with Crippen molar-refractivity contribution in [3.63, 3.8) is 0 Å². The van der Waals surface area contributed by atoms with Crippen LogP contribution in [0.15, 0.2) is 48.5 Å². The number of nitrogens with zero attached hydrogens (tertiary/aromatic N) is 2. The Bertz CT molecular complexity index is 1030. The van der Waals surface area contributed by atoms with Gasteiger partial charge in [0.05, 0.1) is 22.1 Å². The number of carbonyl (C=O) groups excluding carboxylic acids is 1. The number of aromatic carboxylic acids is 1. The SMILES string of the molecule is O=C([O-])c1cc(/C=C/c2ccc(Cl)c([N+](=O)[O-])c2)nc2ccccc12. The second-order valence-electron chi connectivity index (χ2n) is 5.20. The molecule has 0 atom stereocenters. The second-order valence-corrected chi connectivity index (χ2v) is 5.61. The van der Waals surface area contributed by atoms with E-state index in [1.807, 2.05) is 0 Å². The normalized spacial score (nSPS) is 11.1. The van der Waals surface area contributed by atoms with Gasteiger partial charge in [-0.25, -0.2) is 4.98 Å². The number of halogens is 1. The summed E-state index contributed by atoms with van der Waals surface area (Å²) in [5.74, 6) is -1.30. The second kappa shape index (κ2) is 6.70. The summed E-state index contributed by atoms with van der Waals surface area (Å²) in [5, 5.41) is 22.8. The maximum Gasteiger partial charge on any atom is 0.288 e. The van der Waals surface area contributed by atoms with E-state index in [0.29, 0.717) is 22.2 Å². The molecule has 6 nitrogen and oxygen atoms in total. The molecule has 3 aromatic rings. The lowest BCUT2D eigenvalue weighted by Gasteiger charge is -2.08. The summed E-state index contributed by atoms with van der Waals surface area (Å²) in [7, 11) is 0. The Morgan fingerprint density at radius 3 is 2.60 bits per heavy atom. The molecule has 0 radical (unpaired) electrons. The average Bonchev–Trinajstić information content (AvgIpc) is 2.59. The average molecular weight is 354 g/mol. The number of aromatic nitrogens is 1. The first kappa shape index (κ1) is 16.6. The number of nitro groups is 1. The maximum atomic E-state index is 11.3. The van der Waals surface area contributed by atoms with Gasteiger partial charge in [0.15, 0.2) is 0 Å². The quantitative estimate of drug-likeness (QED) is 0.529. The molecular weight excluding hydrogens is 344 g/mol. The molecule has 0 aliphatic heterocycles. The molecule has 1 aromatic heterocycles. The van der Waals surface area contributed by atoms with Gasteiger partial charge in [0.1, 0.15) is 5.02 Å². The zero-order valence-electron chi connectivity index (χ0n) is 12.7. The molecular formula is C18H10ClN2O4-. The molecule has 0 spiro atoms. The Balaban J connectivity index is 2.03. The van der Waals surface area contributed by atoms with Crippen LogP contribution in [0.5, 0.6) is 0 Å². The Hall–Kier alpha value is -3.25. The summed E-state index contributed by atoms with van der Waals surface area (Å²) >= 11 is 5.78. The van der Waals surface area contributed by atoms with Crippen molar-refractivity contribution >= 4 is 46.3 Å². The number of hydrogen-bond donors (Lipinski definition) is 0. The van der Waals surface area contributed by atoms with Gasteiger partial charge in [-0.2, -0.15) is 0 Å². The predicted octanol–water partition coefficient (Wildman–Crippen LogP) is 3.33. The van der Waals surface area contributed by atoms with Crippen LogP contribution in [0.3, 0.4) is 0 Å². The number of nitro benzene ring substituents is 1. The minimum absolute atomic E-state index is 0.0346. The number of pyridine rings is 1. The first-order valence-electron chi connectivity index (χ1n) is 7.19. The number of rotatable bonds is 4. The van der Waals surface area contributed by atoms with Crippen molar-refractivity contribution in [3.05, 3.63) is 80.5 Å². The molecule has 0 bridgehead atoms. The fourth-order valence-corrected chi connectivity index (χ4v) is 2.59. The number of fused-ring (bicyclic) bond motifs is 1. The third-order valence-corrected chi connectivity index (χ3v) is 3.89. The summed E-state index contributed by atoms with van der Waals surface area (Å²) in [6.45, 7) is 0.